The standard InChI is InChI=1S/C8H9BO/c1-6-3-7(9)5-8(4-6)10-2/h3-5H,1-2H3. The molecule has 1 aromatic carbocycles. The van der Waals surface area contributed by atoms with E-state index in [0.717, 1.165) is 16.8 Å². The van der Waals surface area contributed by atoms with Gasteiger partial charge in [0.2, 0.25) is 0 Å². The van der Waals surface area contributed by atoms with Gasteiger partial charge in [0.25, 0.3) is 0 Å². The maximum absolute atomic E-state index is 5.56. The number of ether oxygens (including phenoxy) is 1. The van der Waals surface area contributed by atoms with Gasteiger partial charge in [-0.15, -0.1) is 0 Å². The Morgan fingerprint density at radius 3 is 2.50 bits per heavy atom. The summed E-state index contributed by atoms with van der Waals surface area (Å²) in [5.74, 6) is 0.817. The third-order valence-corrected chi connectivity index (χ3v) is 1.31. The molecule has 0 unspecified atom stereocenters. The summed E-state index contributed by atoms with van der Waals surface area (Å²) in [6.45, 7) is 1.98. The Balaban J connectivity index is 3.06. The van der Waals surface area contributed by atoms with E-state index < -0.39 is 0 Å². The summed E-state index contributed by atoms with van der Waals surface area (Å²) >= 11 is 0. The van der Waals surface area contributed by atoms with Gasteiger partial charge in [0.05, 0.1) is 7.11 Å². The molecular weight excluding hydrogens is 123 g/mol. The first kappa shape index (κ1) is 7.20. The van der Waals surface area contributed by atoms with Crippen LogP contribution in [0.25, 0.3) is 0 Å². The van der Waals surface area contributed by atoms with Crippen molar-refractivity contribution in [3.05, 3.63) is 23.8 Å². The van der Waals surface area contributed by atoms with E-state index in [1.54, 1.807) is 13.2 Å². The van der Waals surface area contributed by atoms with E-state index in [-0.39, 0.29) is 0 Å². The Morgan fingerprint density at radius 1 is 1.30 bits per heavy atom. The van der Waals surface area contributed by atoms with Gasteiger partial charge in [-0.3, -0.25) is 0 Å². The molecule has 0 aliphatic heterocycles. The lowest BCUT2D eigenvalue weighted by Crippen LogP contribution is -2.02. The van der Waals surface area contributed by atoms with Gasteiger partial charge >= 0.3 is 0 Å². The van der Waals surface area contributed by atoms with Crippen LogP contribution in [0.3, 0.4) is 0 Å². The molecule has 0 bridgehead atoms. The number of hydrogen-bond donors (Lipinski definition) is 0. The molecule has 0 spiro atoms. The molecule has 0 saturated carbocycles. The third-order valence-electron chi connectivity index (χ3n) is 1.31. The van der Waals surface area contributed by atoms with E-state index in [9.17, 15) is 0 Å². The number of aryl methyl sites for hydroxylation is 1. The number of hydrogen-bond acceptors (Lipinski definition) is 1. The van der Waals surface area contributed by atoms with E-state index in [4.69, 9.17) is 12.6 Å². The van der Waals surface area contributed by atoms with Crippen LogP contribution in [0.5, 0.6) is 5.75 Å². The molecule has 1 aromatic rings. The molecule has 0 saturated heterocycles. The first-order valence-electron chi connectivity index (χ1n) is 3.13. The minimum Gasteiger partial charge on any atom is -0.497 e. The Kier molecular flexibility index (Phi) is 2.00. The lowest BCUT2D eigenvalue weighted by molar-refractivity contribution is 0.415. The first-order valence-corrected chi connectivity index (χ1v) is 3.13. The molecule has 0 atom stereocenters. The number of rotatable bonds is 1. The molecule has 2 radical (unpaired) electrons. The summed E-state index contributed by atoms with van der Waals surface area (Å²) in [7, 11) is 7.19. The van der Waals surface area contributed by atoms with Gasteiger partial charge in [-0.05, 0) is 24.6 Å². The molecule has 0 N–H and O–H groups in total. The lowest BCUT2D eigenvalue weighted by atomic mass is 9.94. The largest absolute Gasteiger partial charge is 0.497 e. The lowest BCUT2D eigenvalue weighted by Gasteiger charge is -2.02. The third kappa shape index (κ3) is 1.53. The van der Waals surface area contributed by atoms with Gasteiger partial charge in [-0.2, -0.15) is 0 Å². The molecule has 2 heteroatoms. The monoisotopic (exact) mass is 132 g/mol. The van der Waals surface area contributed by atoms with Crippen molar-refractivity contribution in [1.29, 1.82) is 0 Å². The zero-order valence-corrected chi connectivity index (χ0v) is 6.22. The maximum Gasteiger partial charge on any atom is 0.118 e. The Labute approximate surface area is 62.4 Å². The molecular formula is C8H9BO. The van der Waals surface area contributed by atoms with Gasteiger partial charge in [-0.1, -0.05) is 11.5 Å². The van der Waals surface area contributed by atoms with E-state index in [1.165, 1.54) is 0 Å². The highest BCUT2D eigenvalue weighted by atomic mass is 16.5. The fourth-order valence-electron chi connectivity index (χ4n) is 0.894. The van der Waals surface area contributed by atoms with Crippen LogP contribution in [0.2, 0.25) is 0 Å². The second kappa shape index (κ2) is 2.78. The Bertz CT molecular complexity index is 212. The molecule has 0 fully saturated rings. The fraction of sp³-hybridized carbons (Fsp3) is 0.250. The molecule has 0 aliphatic rings. The zero-order chi connectivity index (χ0) is 7.56. The summed E-state index contributed by atoms with van der Waals surface area (Å²) in [6.07, 6.45) is 0. The topological polar surface area (TPSA) is 9.23 Å². The van der Waals surface area contributed by atoms with E-state index in [2.05, 4.69) is 0 Å². The first-order chi connectivity index (χ1) is 4.72. The Hall–Kier alpha value is -0.915. The van der Waals surface area contributed by atoms with Crippen LogP contribution < -0.4 is 10.2 Å². The summed E-state index contributed by atoms with van der Waals surface area (Å²) in [5, 5.41) is 0. The van der Waals surface area contributed by atoms with Crippen LogP contribution in [-0.2, 0) is 0 Å². The average Bonchev–Trinajstić information content (AvgIpc) is 1.85. The fourth-order valence-corrected chi connectivity index (χ4v) is 0.894. The van der Waals surface area contributed by atoms with Crippen LogP contribution in [0.15, 0.2) is 18.2 Å². The minimum atomic E-state index is 0.747. The molecule has 0 amide bonds. The van der Waals surface area contributed by atoms with E-state index >= 15 is 0 Å². The van der Waals surface area contributed by atoms with E-state index in [1.807, 2.05) is 19.1 Å². The van der Waals surface area contributed by atoms with Crippen LogP contribution in [0.4, 0.5) is 0 Å². The number of methoxy groups -OCH3 is 1. The normalized spacial score (nSPS) is 9.40. The van der Waals surface area contributed by atoms with Gasteiger partial charge in [0.15, 0.2) is 0 Å². The van der Waals surface area contributed by atoms with Gasteiger partial charge in [0, 0.05) is 0 Å². The molecule has 10 heavy (non-hydrogen) atoms. The highest BCUT2D eigenvalue weighted by Gasteiger charge is 1.91. The minimum absolute atomic E-state index is 0.747. The van der Waals surface area contributed by atoms with Gasteiger partial charge in [-0.25, -0.2) is 0 Å². The summed E-state index contributed by atoms with van der Waals surface area (Å²) in [4.78, 5) is 0. The second-order valence-corrected chi connectivity index (χ2v) is 2.28. The summed E-state index contributed by atoms with van der Waals surface area (Å²) < 4.78 is 5.00. The highest BCUT2D eigenvalue weighted by molar-refractivity contribution is 6.32. The molecule has 0 aromatic heterocycles. The summed E-state index contributed by atoms with van der Waals surface area (Å²) in [5.41, 5.74) is 1.87. The molecule has 1 rings (SSSR count). The quantitative estimate of drug-likeness (QED) is 0.513. The van der Waals surface area contributed by atoms with Crippen molar-refractivity contribution < 1.29 is 4.74 Å². The average molecular weight is 132 g/mol. The van der Waals surface area contributed by atoms with Crippen molar-refractivity contribution in [3.8, 4) is 5.75 Å². The van der Waals surface area contributed by atoms with Crippen molar-refractivity contribution in [2.24, 2.45) is 0 Å². The van der Waals surface area contributed by atoms with Crippen molar-refractivity contribution in [1.82, 2.24) is 0 Å². The summed E-state index contributed by atoms with van der Waals surface area (Å²) in [6, 6.07) is 5.64. The molecule has 0 aliphatic carbocycles. The van der Waals surface area contributed by atoms with Gasteiger partial charge in [0.1, 0.15) is 13.6 Å². The number of benzene rings is 1. The van der Waals surface area contributed by atoms with Crippen LogP contribution in [0, 0.1) is 6.92 Å². The van der Waals surface area contributed by atoms with Crippen molar-refractivity contribution in [2.75, 3.05) is 7.11 Å². The van der Waals surface area contributed by atoms with Crippen molar-refractivity contribution >= 4 is 13.3 Å². The molecule has 0 heterocycles. The van der Waals surface area contributed by atoms with Crippen molar-refractivity contribution in [2.45, 2.75) is 6.92 Å². The van der Waals surface area contributed by atoms with Crippen molar-refractivity contribution in [3.63, 3.8) is 0 Å². The van der Waals surface area contributed by atoms with Crippen LogP contribution in [-0.4, -0.2) is 15.0 Å². The molecule has 50 valence electrons. The molecule has 1 nitrogen and oxygen atoms in total. The SMILES string of the molecule is [B]c1cc(C)cc(OC)c1. The predicted octanol–water partition coefficient (Wildman–Crippen LogP) is 0.797. The second-order valence-electron chi connectivity index (χ2n) is 2.28. The van der Waals surface area contributed by atoms with Crippen LogP contribution in [0.1, 0.15) is 5.56 Å². The Morgan fingerprint density at radius 2 is 2.00 bits per heavy atom. The predicted molar refractivity (Wildman–Crippen MR) is 43.1 cm³/mol. The zero-order valence-electron chi connectivity index (χ0n) is 6.22. The van der Waals surface area contributed by atoms with Gasteiger partial charge < -0.3 is 4.74 Å². The van der Waals surface area contributed by atoms with E-state index in [0.29, 0.717) is 0 Å². The smallest absolute Gasteiger partial charge is 0.118 e. The highest BCUT2D eigenvalue weighted by Crippen LogP contribution is 2.08. The maximum atomic E-state index is 5.56. The van der Waals surface area contributed by atoms with Crippen LogP contribution >= 0.6 is 0 Å².